The van der Waals surface area contributed by atoms with Gasteiger partial charge in [0.15, 0.2) is 11.5 Å². The predicted octanol–water partition coefficient (Wildman–Crippen LogP) is 2.63. The molecule has 1 atom stereocenters. The molecule has 2 aliphatic heterocycles. The van der Waals surface area contributed by atoms with E-state index in [4.69, 9.17) is 4.74 Å². The summed E-state index contributed by atoms with van der Waals surface area (Å²) in [6.07, 6.45) is 3.99. The third kappa shape index (κ3) is 4.06. The highest BCUT2D eigenvalue weighted by Gasteiger charge is 2.42. The molecule has 1 aromatic rings. The SMILES string of the molecule is C=CCOc1cccc(C2C(C(C)=O)=C(O)C(=O)N2CCN2CCCC2)c1. The van der Waals surface area contributed by atoms with Gasteiger partial charge >= 0.3 is 0 Å². The van der Waals surface area contributed by atoms with Crippen molar-refractivity contribution in [2.45, 2.75) is 25.8 Å². The van der Waals surface area contributed by atoms with E-state index in [-0.39, 0.29) is 11.4 Å². The van der Waals surface area contributed by atoms with Crippen LogP contribution >= 0.6 is 0 Å². The lowest BCUT2D eigenvalue weighted by atomic mass is 9.96. The molecule has 1 aromatic carbocycles. The number of amides is 1. The first kappa shape index (κ1) is 19.2. The first-order valence-electron chi connectivity index (χ1n) is 9.34. The highest BCUT2D eigenvalue weighted by Crippen LogP contribution is 2.38. The molecule has 0 aliphatic carbocycles. The molecule has 0 saturated carbocycles. The number of aliphatic hydroxyl groups excluding tert-OH is 1. The van der Waals surface area contributed by atoms with Crippen molar-refractivity contribution in [3.8, 4) is 5.75 Å². The maximum Gasteiger partial charge on any atom is 0.290 e. The zero-order valence-corrected chi connectivity index (χ0v) is 15.7. The molecule has 0 bridgehead atoms. The van der Waals surface area contributed by atoms with Crippen molar-refractivity contribution in [2.75, 3.05) is 32.8 Å². The molecule has 2 aliphatic rings. The third-order valence-electron chi connectivity index (χ3n) is 5.08. The Kier molecular flexibility index (Phi) is 5.96. The summed E-state index contributed by atoms with van der Waals surface area (Å²) in [7, 11) is 0. The van der Waals surface area contributed by atoms with Crippen LogP contribution in [0.15, 0.2) is 48.3 Å². The van der Waals surface area contributed by atoms with Crippen molar-refractivity contribution in [2.24, 2.45) is 0 Å². The molecule has 0 spiro atoms. The first-order valence-corrected chi connectivity index (χ1v) is 9.34. The van der Waals surface area contributed by atoms with E-state index in [0.717, 1.165) is 25.2 Å². The molecular formula is C21H26N2O4. The number of hydrogen-bond acceptors (Lipinski definition) is 5. The van der Waals surface area contributed by atoms with E-state index in [0.29, 0.717) is 18.9 Å². The van der Waals surface area contributed by atoms with E-state index in [9.17, 15) is 14.7 Å². The highest BCUT2D eigenvalue weighted by molar-refractivity contribution is 6.08. The van der Waals surface area contributed by atoms with Crippen molar-refractivity contribution >= 4 is 11.7 Å². The second-order valence-corrected chi connectivity index (χ2v) is 6.94. The average Bonchev–Trinajstić information content (AvgIpc) is 3.26. The molecule has 1 saturated heterocycles. The lowest BCUT2D eigenvalue weighted by molar-refractivity contribution is -0.129. The van der Waals surface area contributed by atoms with Crippen LogP contribution in [0, 0.1) is 0 Å². The Morgan fingerprint density at radius 2 is 2.07 bits per heavy atom. The van der Waals surface area contributed by atoms with Crippen LogP contribution in [0.3, 0.4) is 0 Å². The molecule has 6 heteroatoms. The number of likely N-dealkylation sites (tertiary alicyclic amines) is 1. The number of aliphatic hydroxyl groups is 1. The van der Waals surface area contributed by atoms with Crippen LogP contribution in [-0.4, -0.2) is 59.4 Å². The maximum absolute atomic E-state index is 12.7. The molecule has 1 fully saturated rings. The molecule has 1 unspecified atom stereocenters. The Morgan fingerprint density at radius 3 is 2.74 bits per heavy atom. The maximum atomic E-state index is 12.7. The van der Waals surface area contributed by atoms with Gasteiger partial charge in [0.1, 0.15) is 12.4 Å². The lowest BCUT2D eigenvalue weighted by Gasteiger charge is -2.28. The van der Waals surface area contributed by atoms with Gasteiger partial charge in [0, 0.05) is 13.1 Å². The summed E-state index contributed by atoms with van der Waals surface area (Å²) in [5, 5.41) is 10.3. The van der Waals surface area contributed by atoms with Crippen molar-refractivity contribution in [3.05, 3.63) is 53.8 Å². The minimum atomic E-state index is -0.593. The number of rotatable bonds is 8. The minimum Gasteiger partial charge on any atom is -0.503 e. The van der Waals surface area contributed by atoms with E-state index in [2.05, 4.69) is 11.5 Å². The van der Waals surface area contributed by atoms with Crippen molar-refractivity contribution in [1.29, 1.82) is 0 Å². The number of Topliss-reactive ketones (excluding diaryl/α,β-unsaturated/α-hetero) is 1. The fourth-order valence-electron chi connectivity index (χ4n) is 3.78. The minimum absolute atomic E-state index is 0.155. The van der Waals surface area contributed by atoms with Crippen LogP contribution in [0.25, 0.3) is 0 Å². The van der Waals surface area contributed by atoms with Crippen LogP contribution < -0.4 is 4.74 Å². The largest absolute Gasteiger partial charge is 0.503 e. The molecule has 3 rings (SSSR count). The zero-order valence-electron chi connectivity index (χ0n) is 15.7. The summed E-state index contributed by atoms with van der Waals surface area (Å²) < 4.78 is 5.59. The Balaban J connectivity index is 1.89. The van der Waals surface area contributed by atoms with Gasteiger partial charge in [-0.3, -0.25) is 9.59 Å². The predicted molar refractivity (Wildman–Crippen MR) is 103 cm³/mol. The summed E-state index contributed by atoms with van der Waals surface area (Å²) in [5.41, 5.74) is 0.905. The van der Waals surface area contributed by atoms with Gasteiger partial charge in [-0.25, -0.2) is 0 Å². The average molecular weight is 370 g/mol. The van der Waals surface area contributed by atoms with Gasteiger partial charge in [0.25, 0.3) is 5.91 Å². The van der Waals surface area contributed by atoms with E-state index < -0.39 is 17.7 Å². The molecule has 1 N–H and O–H groups in total. The second-order valence-electron chi connectivity index (χ2n) is 6.94. The van der Waals surface area contributed by atoms with Crippen molar-refractivity contribution < 1.29 is 19.4 Å². The van der Waals surface area contributed by atoms with Crippen LogP contribution in [0.4, 0.5) is 0 Å². The fraction of sp³-hybridized carbons (Fsp3) is 0.429. The Hall–Kier alpha value is -2.60. The molecule has 27 heavy (non-hydrogen) atoms. The Bertz CT molecular complexity index is 765. The Labute approximate surface area is 159 Å². The Morgan fingerprint density at radius 1 is 1.33 bits per heavy atom. The molecule has 6 nitrogen and oxygen atoms in total. The van der Waals surface area contributed by atoms with Gasteiger partial charge in [-0.2, -0.15) is 0 Å². The summed E-state index contributed by atoms with van der Waals surface area (Å²) in [6, 6.07) is 6.71. The third-order valence-corrected chi connectivity index (χ3v) is 5.08. The highest BCUT2D eigenvalue weighted by atomic mass is 16.5. The number of ether oxygens (including phenoxy) is 1. The molecule has 1 amide bonds. The number of hydrogen-bond donors (Lipinski definition) is 1. The van der Waals surface area contributed by atoms with E-state index in [1.54, 1.807) is 11.0 Å². The second kappa shape index (κ2) is 8.39. The summed E-state index contributed by atoms with van der Waals surface area (Å²) in [6.45, 7) is 8.63. The number of carbonyl (C=O) groups excluding carboxylic acids is 2. The zero-order chi connectivity index (χ0) is 19.4. The van der Waals surface area contributed by atoms with Gasteiger partial charge in [-0.15, -0.1) is 0 Å². The topological polar surface area (TPSA) is 70.1 Å². The van der Waals surface area contributed by atoms with E-state index in [1.165, 1.54) is 19.8 Å². The molecule has 0 radical (unpaired) electrons. The summed E-state index contributed by atoms with van der Waals surface area (Å²) >= 11 is 0. The summed E-state index contributed by atoms with van der Waals surface area (Å²) in [4.78, 5) is 28.8. The molecular weight excluding hydrogens is 344 g/mol. The van der Waals surface area contributed by atoms with Crippen LogP contribution in [-0.2, 0) is 9.59 Å². The fourth-order valence-corrected chi connectivity index (χ4v) is 3.78. The van der Waals surface area contributed by atoms with Crippen LogP contribution in [0.2, 0.25) is 0 Å². The monoisotopic (exact) mass is 370 g/mol. The van der Waals surface area contributed by atoms with Gasteiger partial charge in [0.2, 0.25) is 0 Å². The van der Waals surface area contributed by atoms with Gasteiger partial charge in [0.05, 0.1) is 11.6 Å². The van der Waals surface area contributed by atoms with Crippen LogP contribution in [0.1, 0.15) is 31.4 Å². The van der Waals surface area contributed by atoms with Crippen molar-refractivity contribution in [1.82, 2.24) is 9.80 Å². The normalized spacial score (nSPS) is 20.4. The van der Waals surface area contributed by atoms with Gasteiger partial charge in [-0.05, 0) is 50.6 Å². The van der Waals surface area contributed by atoms with Crippen LogP contribution in [0.5, 0.6) is 5.75 Å². The molecule has 144 valence electrons. The number of nitrogens with zero attached hydrogens (tertiary/aromatic N) is 2. The first-order chi connectivity index (χ1) is 13.0. The van der Waals surface area contributed by atoms with Gasteiger partial charge in [-0.1, -0.05) is 24.8 Å². The lowest BCUT2D eigenvalue weighted by Crippen LogP contribution is -2.37. The number of ketones is 1. The number of benzene rings is 1. The smallest absolute Gasteiger partial charge is 0.290 e. The summed E-state index contributed by atoms with van der Waals surface area (Å²) in [5.74, 6) is -0.589. The quantitative estimate of drug-likeness (QED) is 0.713. The van der Waals surface area contributed by atoms with E-state index >= 15 is 0 Å². The molecule has 2 heterocycles. The van der Waals surface area contributed by atoms with Crippen molar-refractivity contribution in [3.63, 3.8) is 0 Å². The standard InChI is InChI=1S/C21H26N2O4/c1-3-13-27-17-8-6-7-16(14-17)19-18(15(2)24)20(25)21(26)23(19)12-11-22-9-4-5-10-22/h3,6-8,14,19,25H,1,4-5,9-13H2,2H3. The molecule has 0 aromatic heterocycles. The van der Waals surface area contributed by atoms with Gasteiger partial charge < -0.3 is 19.6 Å². The van der Waals surface area contributed by atoms with E-state index in [1.807, 2.05) is 24.3 Å². The number of carbonyl (C=O) groups is 2.